The average Bonchev–Trinajstić information content (AvgIpc) is 2.42. The summed E-state index contributed by atoms with van der Waals surface area (Å²) in [6.45, 7) is 1.05. The predicted molar refractivity (Wildman–Crippen MR) is 47.9 cm³/mol. The zero-order valence-corrected chi connectivity index (χ0v) is 8.02. The van der Waals surface area contributed by atoms with Gasteiger partial charge in [-0.3, -0.25) is 9.69 Å². The van der Waals surface area contributed by atoms with Crippen molar-refractivity contribution in [1.82, 2.24) is 4.90 Å². The molecule has 0 aliphatic carbocycles. The lowest BCUT2D eigenvalue weighted by Crippen LogP contribution is -2.45. The molecule has 5 heteroatoms. The van der Waals surface area contributed by atoms with Gasteiger partial charge in [-0.1, -0.05) is 0 Å². The largest absolute Gasteiger partial charge is 0.480 e. The molecule has 2 unspecified atom stereocenters. The third-order valence-corrected chi connectivity index (χ3v) is 3.00. The Morgan fingerprint density at radius 3 is 2.85 bits per heavy atom. The van der Waals surface area contributed by atoms with Crippen molar-refractivity contribution in [3.63, 3.8) is 0 Å². The highest BCUT2D eigenvalue weighted by Gasteiger charge is 2.54. The predicted octanol–water partition coefficient (Wildman–Crippen LogP) is 1.07. The molecule has 2 fully saturated rings. The van der Waals surface area contributed by atoms with Crippen LogP contribution in [-0.2, 0) is 4.79 Å². The SMILES string of the molecule is Cl.O=C(O)C12CCCN1CC(F)C2. The third-order valence-electron chi connectivity index (χ3n) is 3.00. The number of halogens is 2. The van der Waals surface area contributed by atoms with Gasteiger partial charge in [-0.15, -0.1) is 12.4 Å². The van der Waals surface area contributed by atoms with E-state index in [1.807, 2.05) is 0 Å². The Balaban J connectivity index is 0.000000845. The molecule has 0 spiro atoms. The maximum atomic E-state index is 12.9. The zero-order chi connectivity index (χ0) is 8.77. The number of carboxylic acids is 1. The van der Waals surface area contributed by atoms with E-state index in [0.29, 0.717) is 13.0 Å². The second-order valence-corrected chi connectivity index (χ2v) is 3.69. The molecule has 3 nitrogen and oxygen atoms in total. The van der Waals surface area contributed by atoms with Gasteiger partial charge in [-0.25, -0.2) is 4.39 Å². The van der Waals surface area contributed by atoms with Crippen molar-refractivity contribution in [3.05, 3.63) is 0 Å². The number of carboxylic acid groups (broad SMARTS) is 1. The lowest BCUT2D eigenvalue weighted by molar-refractivity contribution is -0.148. The number of hydrogen-bond acceptors (Lipinski definition) is 2. The van der Waals surface area contributed by atoms with Gasteiger partial charge in [0.15, 0.2) is 0 Å². The minimum atomic E-state index is -0.943. The van der Waals surface area contributed by atoms with Crippen LogP contribution in [0.5, 0.6) is 0 Å². The monoisotopic (exact) mass is 209 g/mol. The van der Waals surface area contributed by atoms with Gasteiger partial charge in [0.25, 0.3) is 0 Å². The normalized spacial score (nSPS) is 38.4. The second kappa shape index (κ2) is 3.42. The van der Waals surface area contributed by atoms with E-state index in [4.69, 9.17) is 5.11 Å². The molecular formula is C8H13ClFNO2. The Morgan fingerprint density at radius 2 is 2.31 bits per heavy atom. The van der Waals surface area contributed by atoms with Crippen molar-refractivity contribution in [2.24, 2.45) is 0 Å². The number of rotatable bonds is 1. The summed E-state index contributed by atoms with van der Waals surface area (Å²) in [5.41, 5.74) is -0.848. The number of aliphatic carboxylic acids is 1. The van der Waals surface area contributed by atoms with Crippen molar-refractivity contribution >= 4 is 18.4 Å². The molecule has 2 aliphatic heterocycles. The van der Waals surface area contributed by atoms with Crippen LogP contribution in [0.25, 0.3) is 0 Å². The summed E-state index contributed by atoms with van der Waals surface area (Å²) in [5, 5.41) is 8.98. The summed E-state index contributed by atoms with van der Waals surface area (Å²) in [5.74, 6) is -0.847. The van der Waals surface area contributed by atoms with Crippen LogP contribution in [0.3, 0.4) is 0 Å². The summed E-state index contributed by atoms with van der Waals surface area (Å²) in [4.78, 5) is 12.7. The average molecular weight is 210 g/mol. The fraction of sp³-hybridized carbons (Fsp3) is 0.875. The molecule has 1 N–H and O–H groups in total. The van der Waals surface area contributed by atoms with Crippen molar-refractivity contribution in [1.29, 1.82) is 0 Å². The number of carbonyl (C=O) groups is 1. The van der Waals surface area contributed by atoms with Crippen LogP contribution < -0.4 is 0 Å². The summed E-state index contributed by atoms with van der Waals surface area (Å²) < 4.78 is 12.9. The number of hydrogen-bond donors (Lipinski definition) is 1. The maximum absolute atomic E-state index is 12.9. The minimum Gasteiger partial charge on any atom is -0.480 e. The molecule has 0 amide bonds. The molecule has 0 radical (unpaired) electrons. The van der Waals surface area contributed by atoms with Crippen molar-refractivity contribution < 1.29 is 14.3 Å². The molecule has 2 rings (SSSR count). The smallest absolute Gasteiger partial charge is 0.324 e. The molecule has 2 atom stereocenters. The Kier molecular flexibility index (Phi) is 2.82. The van der Waals surface area contributed by atoms with Gasteiger partial charge in [0.05, 0.1) is 0 Å². The highest BCUT2D eigenvalue weighted by molar-refractivity contribution is 5.85. The molecule has 0 aromatic rings. The first kappa shape index (κ1) is 10.7. The van der Waals surface area contributed by atoms with E-state index in [2.05, 4.69) is 0 Å². The van der Waals surface area contributed by atoms with Gasteiger partial charge in [0, 0.05) is 13.0 Å². The molecule has 13 heavy (non-hydrogen) atoms. The van der Waals surface area contributed by atoms with E-state index in [9.17, 15) is 9.18 Å². The molecule has 0 saturated carbocycles. The summed E-state index contributed by atoms with van der Waals surface area (Å²) in [6, 6.07) is 0. The van der Waals surface area contributed by atoms with E-state index >= 15 is 0 Å². The quantitative estimate of drug-likeness (QED) is 0.703. The molecular weight excluding hydrogens is 197 g/mol. The first-order valence-electron chi connectivity index (χ1n) is 4.28. The first-order valence-corrected chi connectivity index (χ1v) is 4.28. The highest BCUT2D eigenvalue weighted by Crippen LogP contribution is 2.39. The number of nitrogens with zero attached hydrogens (tertiary/aromatic N) is 1. The lowest BCUT2D eigenvalue weighted by atomic mass is 9.94. The molecule has 2 saturated heterocycles. The maximum Gasteiger partial charge on any atom is 0.324 e. The fourth-order valence-corrected chi connectivity index (χ4v) is 2.43. The Bertz CT molecular complexity index is 226. The van der Waals surface area contributed by atoms with Crippen LogP contribution in [0.4, 0.5) is 4.39 Å². The van der Waals surface area contributed by atoms with Crippen LogP contribution in [0, 0.1) is 0 Å². The van der Waals surface area contributed by atoms with E-state index in [1.54, 1.807) is 4.90 Å². The van der Waals surface area contributed by atoms with E-state index in [0.717, 1.165) is 13.0 Å². The van der Waals surface area contributed by atoms with Crippen molar-refractivity contribution in [2.75, 3.05) is 13.1 Å². The minimum absolute atomic E-state index is 0. The summed E-state index contributed by atoms with van der Waals surface area (Å²) >= 11 is 0. The number of fused-ring (bicyclic) bond motifs is 1. The zero-order valence-electron chi connectivity index (χ0n) is 7.20. The van der Waals surface area contributed by atoms with Crippen LogP contribution in [0.15, 0.2) is 0 Å². The molecule has 0 aromatic carbocycles. The van der Waals surface area contributed by atoms with E-state index in [-0.39, 0.29) is 18.8 Å². The first-order chi connectivity index (χ1) is 5.65. The van der Waals surface area contributed by atoms with Gasteiger partial charge in [-0.2, -0.15) is 0 Å². The van der Waals surface area contributed by atoms with Gasteiger partial charge in [0.2, 0.25) is 0 Å². The number of alkyl halides is 1. The van der Waals surface area contributed by atoms with Gasteiger partial charge in [-0.05, 0) is 19.4 Å². The Morgan fingerprint density at radius 1 is 1.62 bits per heavy atom. The Hall–Kier alpha value is -0.350. The highest BCUT2D eigenvalue weighted by atomic mass is 35.5. The van der Waals surface area contributed by atoms with Gasteiger partial charge in [0.1, 0.15) is 11.7 Å². The topological polar surface area (TPSA) is 40.5 Å². The molecule has 2 heterocycles. The standard InChI is InChI=1S/C8H12FNO2.ClH/c9-6-4-8(7(11)12)2-1-3-10(8)5-6;/h6H,1-5H2,(H,11,12);1H. The third kappa shape index (κ3) is 1.42. The van der Waals surface area contributed by atoms with Gasteiger partial charge >= 0.3 is 5.97 Å². The van der Waals surface area contributed by atoms with Crippen molar-refractivity contribution in [2.45, 2.75) is 31.0 Å². The van der Waals surface area contributed by atoms with Gasteiger partial charge < -0.3 is 5.11 Å². The summed E-state index contributed by atoms with van der Waals surface area (Å²) in [7, 11) is 0. The molecule has 2 aliphatic rings. The van der Waals surface area contributed by atoms with Crippen LogP contribution >= 0.6 is 12.4 Å². The molecule has 76 valence electrons. The Labute approximate surface area is 82.3 Å². The molecule has 0 bridgehead atoms. The summed E-state index contributed by atoms with van der Waals surface area (Å²) in [6.07, 6.45) is 0.741. The fourth-order valence-electron chi connectivity index (χ4n) is 2.43. The van der Waals surface area contributed by atoms with Crippen molar-refractivity contribution in [3.8, 4) is 0 Å². The van der Waals surface area contributed by atoms with E-state index < -0.39 is 17.7 Å². The van der Waals surface area contributed by atoms with E-state index in [1.165, 1.54) is 0 Å². The van der Waals surface area contributed by atoms with Crippen LogP contribution in [-0.4, -0.2) is 40.8 Å². The lowest BCUT2D eigenvalue weighted by Gasteiger charge is -2.25. The van der Waals surface area contributed by atoms with Crippen LogP contribution in [0.2, 0.25) is 0 Å². The molecule has 0 aromatic heterocycles. The van der Waals surface area contributed by atoms with Crippen LogP contribution in [0.1, 0.15) is 19.3 Å². The second-order valence-electron chi connectivity index (χ2n) is 3.69.